The van der Waals surface area contributed by atoms with Crippen LogP contribution in [0, 0.1) is 0 Å². The first kappa shape index (κ1) is 10.7. The molecule has 1 rings (SSSR count). The number of ether oxygens (including phenoxy) is 1. The van der Waals surface area contributed by atoms with Crippen LogP contribution in [-0.4, -0.2) is 24.1 Å². The van der Waals surface area contributed by atoms with Crippen molar-refractivity contribution >= 4 is 0 Å². The number of hydrogen-bond donors (Lipinski definition) is 1. The highest BCUT2D eigenvalue weighted by atomic mass is 16.5. The van der Waals surface area contributed by atoms with Gasteiger partial charge in [-0.3, -0.25) is 4.98 Å². The second-order valence-electron chi connectivity index (χ2n) is 2.82. The predicted molar refractivity (Wildman–Crippen MR) is 55.2 cm³/mol. The van der Waals surface area contributed by atoms with Gasteiger partial charge in [0.2, 0.25) is 5.88 Å². The van der Waals surface area contributed by atoms with Crippen LogP contribution in [0.4, 0.5) is 0 Å². The highest BCUT2D eigenvalue weighted by molar-refractivity contribution is 5.21. The monoisotopic (exact) mass is 193 g/mol. The molecule has 0 bridgehead atoms. The van der Waals surface area contributed by atoms with Crippen LogP contribution >= 0.6 is 0 Å². The molecule has 0 aromatic carbocycles. The molecule has 1 aromatic heterocycles. The van der Waals surface area contributed by atoms with Crippen LogP contribution in [0.5, 0.6) is 5.88 Å². The Morgan fingerprint density at radius 3 is 2.86 bits per heavy atom. The minimum absolute atomic E-state index is 0.108. The molecule has 0 aliphatic heterocycles. The Morgan fingerprint density at radius 1 is 1.57 bits per heavy atom. The summed E-state index contributed by atoms with van der Waals surface area (Å²) >= 11 is 0. The lowest BCUT2D eigenvalue weighted by Crippen LogP contribution is -2.18. The van der Waals surface area contributed by atoms with Crippen molar-refractivity contribution in [3.05, 3.63) is 30.7 Å². The molecule has 1 N–H and O–H groups in total. The Hall–Kier alpha value is -1.42. The lowest BCUT2D eigenvalue weighted by Gasteiger charge is -2.15. The lowest BCUT2D eigenvalue weighted by molar-refractivity contribution is 0.380. The third-order valence-corrected chi connectivity index (χ3v) is 1.97. The van der Waals surface area contributed by atoms with Gasteiger partial charge in [0.05, 0.1) is 13.2 Å². The van der Waals surface area contributed by atoms with Crippen molar-refractivity contribution in [2.24, 2.45) is 0 Å². The molecule has 1 heterocycles. The number of nitrogens with one attached hydrogen (secondary N) is 1. The summed E-state index contributed by atoms with van der Waals surface area (Å²) in [5.41, 5.74) is 0.817. The van der Waals surface area contributed by atoms with Gasteiger partial charge in [0.1, 0.15) is 5.69 Å². The van der Waals surface area contributed by atoms with Crippen molar-refractivity contribution in [1.29, 1.82) is 0 Å². The highest BCUT2D eigenvalue weighted by Crippen LogP contribution is 2.21. The van der Waals surface area contributed by atoms with E-state index in [1.54, 1.807) is 19.5 Å². The summed E-state index contributed by atoms with van der Waals surface area (Å²) in [5, 5.41) is 3.14. The fraction of sp³-hybridized carbons (Fsp3) is 0.400. The molecule has 0 radical (unpaired) electrons. The van der Waals surface area contributed by atoms with Gasteiger partial charge in [0.25, 0.3) is 0 Å². The van der Waals surface area contributed by atoms with Gasteiger partial charge >= 0.3 is 0 Å². The molecule has 0 amide bonds. The van der Waals surface area contributed by atoms with Crippen molar-refractivity contribution in [2.45, 2.75) is 12.5 Å². The Kier molecular flexibility index (Phi) is 4.07. The van der Waals surface area contributed by atoms with Gasteiger partial charge in [-0.05, 0) is 13.5 Å². The Morgan fingerprint density at radius 2 is 2.29 bits per heavy atom. The SMILES string of the molecule is C=CCC(NC)c1nccnc1OC. The second kappa shape index (κ2) is 5.34. The first-order valence-electron chi connectivity index (χ1n) is 4.46. The summed E-state index contributed by atoms with van der Waals surface area (Å²) in [4.78, 5) is 8.33. The van der Waals surface area contributed by atoms with E-state index in [1.807, 2.05) is 13.1 Å². The van der Waals surface area contributed by atoms with Crippen LogP contribution in [0.3, 0.4) is 0 Å². The lowest BCUT2D eigenvalue weighted by atomic mass is 10.1. The predicted octanol–water partition coefficient (Wildman–Crippen LogP) is 1.32. The fourth-order valence-corrected chi connectivity index (χ4v) is 1.27. The van der Waals surface area contributed by atoms with Gasteiger partial charge in [-0.25, -0.2) is 4.98 Å². The summed E-state index contributed by atoms with van der Waals surface area (Å²) in [7, 11) is 3.47. The summed E-state index contributed by atoms with van der Waals surface area (Å²) in [6, 6.07) is 0.108. The Labute approximate surface area is 84.0 Å². The first-order valence-corrected chi connectivity index (χ1v) is 4.46. The third-order valence-electron chi connectivity index (χ3n) is 1.97. The Balaban J connectivity index is 2.95. The van der Waals surface area contributed by atoms with Crippen molar-refractivity contribution in [3.8, 4) is 5.88 Å². The molecule has 0 aliphatic carbocycles. The Bertz CT molecular complexity index is 301. The molecule has 0 fully saturated rings. The van der Waals surface area contributed by atoms with E-state index in [0.717, 1.165) is 12.1 Å². The van der Waals surface area contributed by atoms with Crippen LogP contribution in [0.25, 0.3) is 0 Å². The minimum Gasteiger partial charge on any atom is -0.480 e. The van der Waals surface area contributed by atoms with E-state index < -0.39 is 0 Å². The maximum atomic E-state index is 5.13. The van der Waals surface area contributed by atoms with Crippen molar-refractivity contribution in [3.63, 3.8) is 0 Å². The topological polar surface area (TPSA) is 47.0 Å². The minimum atomic E-state index is 0.108. The van der Waals surface area contributed by atoms with E-state index in [2.05, 4.69) is 21.9 Å². The van der Waals surface area contributed by atoms with Crippen LogP contribution in [0.2, 0.25) is 0 Å². The van der Waals surface area contributed by atoms with Gasteiger partial charge in [0, 0.05) is 12.4 Å². The molecule has 1 aromatic rings. The van der Waals surface area contributed by atoms with Crippen LogP contribution in [-0.2, 0) is 0 Å². The fourth-order valence-electron chi connectivity index (χ4n) is 1.27. The number of aromatic nitrogens is 2. The largest absolute Gasteiger partial charge is 0.480 e. The molecule has 0 saturated carbocycles. The van der Waals surface area contributed by atoms with E-state index in [0.29, 0.717) is 5.88 Å². The summed E-state index contributed by atoms with van der Waals surface area (Å²) < 4.78 is 5.13. The molecule has 1 unspecified atom stereocenters. The third kappa shape index (κ3) is 2.29. The summed E-state index contributed by atoms with van der Waals surface area (Å²) in [6.45, 7) is 3.70. The normalized spacial score (nSPS) is 12.1. The summed E-state index contributed by atoms with van der Waals surface area (Å²) in [6.07, 6.45) is 5.91. The molecule has 4 nitrogen and oxygen atoms in total. The molecule has 14 heavy (non-hydrogen) atoms. The van der Waals surface area contributed by atoms with Crippen LogP contribution < -0.4 is 10.1 Å². The first-order chi connectivity index (χ1) is 6.83. The van der Waals surface area contributed by atoms with Crippen molar-refractivity contribution in [2.75, 3.05) is 14.2 Å². The molecular weight excluding hydrogens is 178 g/mol. The van der Waals surface area contributed by atoms with E-state index >= 15 is 0 Å². The molecular formula is C10H15N3O. The quantitative estimate of drug-likeness (QED) is 0.716. The standard InChI is InChI=1S/C10H15N3O/c1-4-5-8(11-2)9-10(14-3)13-7-6-12-9/h4,6-8,11H,1,5H2,2-3H3. The van der Waals surface area contributed by atoms with E-state index in [1.165, 1.54) is 0 Å². The van der Waals surface area contributed by atoms with E-state index in [9.17, 15) is 0 Å². The maximum Gasteiger partial charge on any atom is 0.237 e. The second-order valence-corrected chi connectivity index (χ2v) is 2.82. The number of nitrogens with zero attached hydrogens (tertiary/aromatic N) is 2. The van der Waals surface area contributed by atoms with Gasteiger partial charge in [-0.15, -0.1) is 6.58 Å². The van der Waals surface area contributed by atoms with Gasteiger partial charge in [-0.1, -0.05) is 6.08 Å². The molecule has 4 heteroatoms. The van der Waals surface area contributed by atoms with Crippen molar-refractivity contribution in [1.82, 2.24) is 15.3 Å². The van der Waals surface area contributed by atoms with Gasteiger partial charge < -0.3 is 10.1 Å². The maximum absolute atomic E-state index is 5.13. The van der Waals surface area contributed by atoms with Crippen LogP contribution in [0.15, 0.2) is 25.0 Å². The molecule has 0 aliphatic rings. The van der Waals surface area contributed by atoms with E-state index in [4.69, 9.17) is 4.74 Å². The zero-order chi connectivity index (χ0) is 10.4. The number of hydrogen-bond acceptors (Lipinski definition) is 4. The van der Waals surface area contributed by atoms with Crippen molar-refractivity contribution < 1.29 is 4.74 Å². The molecule has 1 atom stereocenters. The van der Waals surface area contributed by atoms with Gasteiger partial charge in [0.15, 0.2) is 0 Å². The molecule has 0 spiro atoms. The van der Waals surface area contributed by atoms with Crippen LogP contribution in [0.1, 0.15) is 18.2 Å². The smallest absolute Gasteiger partial charge is 0.237 e. The molecule has 0 saturated heterocycles. The van der Waals surface area contributed by atoms with E-state index in [-0.39, 0.29) is 6.04 Å². The summed E-state index contributed by atoms with van der Waals surface area (Å²) in [5.74, 6) is 0.564. The number of rotatable bonds is 5. The number of methoxy groups -OCH3 is 1. The zero-order valence-electron chi connectivity index (χ0n) is 8.53. The highest BCUT2D eigenvalue weighted by Gasteiger charge is 2.14. The van der Waals surface area contributed by atoms with Gasteiger partial charge in [-0.2, -0.15) is 0 Å². The molecule has 76 valence electrons. The average Bonchev–Trinajstić information content (AvgIpc) is 2.26. The zero-order valence-corrected chi connectivity index (χ0v) is 8.53. The average molecular weight is 193 g/mol.